The molecular weight excluding hydrogens is 299 g/mol. The first-order valence-corrected chi connectivity index (χ1v) is 7.42. The zero-order valence-electron chi connectivity index (χ0n) is 10.2. The molecule has 0 radical (unpaired) electrons. The van der Waals surface area contributed by atoms with E-state index in [0.717, 1.165) is 0 Å². The Morgan fingerprint density at radius 1 is 1.55 bits per heavy atom. The molecule has 102 valence electrons. The Kier molecular flexibility index (Phi) is 4.71. The number of thioether (sulfide) groups is 1. The predicted molar refractivity (Wildman–Crippen MR) is 74.1 cm³/mol. The van der Waals surface area contributed by atoms with Crippen LogP contribution in [-0.4, -0.2) is 16.1 Å². The summed E-state index contributed by atoms with van der Waals surface area (Å²) in [6, 6.07) is 6.22. The van der Waals surface area contributed by atoms with Crippen molar-refractivity contribution in [2.24, 2.45) is 0 Å². The molecule has 1 N–H and O–H groups in total. The summed E-state index contributed by atoms with van der Waals surface area (Å²) < 4.78 is 14.4. The van der Waals surface area contributed by atoms with Crippen molar-refractivity contribution in [1.82, 2.24) is 4.98 Å². The molecule has 0 unspecified atom stereocenters. The van der Waals surface area contributed by atoms with Crippen molar-refractivity contribution in [3.63, 3.8) is 0 Å². The molecule has 20 heavy (non-hydrogen) atoms. The third kappa shape index (κ3) is 3.79. The lowest BCUT2D eigenvalue weighted by Gasteiger charge is -2.01. The third-order valence-corrected chi connectivity index (χ3v) is 4.51. The summed E-state index contributed by atoms with van der Waals surface area (Å²) in [4.78, 5) is 14.7. The second kappa shape index (κ2) is 6.50. The second-order valence-electron chi connectivity index (χ2n) is 3.88. The highest BCUT2D eigenvalue weighted by molar-refractivity contribution is 8.00. The number of carboxylic acids is 1. The molecule has 4 nitrogen and oxygen atoms in total. The molecule has 0 bridgehead atoms. The van der Waals surface area contributed by atoms with E-state index in [1.165, 1.54) is 29.2 Å². The number of aromatic nitrogens is 1. The number of hydrogen-bond donors (Lipinski definition) is 1. The van der Waals surface area contributed by atoms with Crippen LogP contribution in [0.1, 0.15) is 16.8 Å². The number of carboxylic acid groups (broad SMARTS) is 1. The highest BCUT2D eigenvalue weighted by atomic mass is 32.2. The number of rotatable bonds is 5. The number of thiazole rings is 1. The highest BCUT2D eigenvalue weighted by Crippen LogP contribution is 2.27. The number of nitrogens with zero attached hydrogens (tertiary/aromatic N) is 2. The first-order valence-electron chi connectivity index (χ1n) is 5.56. The molecule has 2 rings (SSSR count). The summed E-state index contributed by atoms with van der Waals surface area (Å²) in [5.74, 6) is -0.957. The summed E-state index contributed by atoms with van der Waals surface area (Å²) in [5.41, 5.74) is 1.28. The lowest BCUT2D eigenvalue weighted by atomic mass is 10.1. The van der Waals surface area contributed by atoms with E-state index in [4.69, 9.17) is 10.4 Å². The Morgan fingerprint density at radius 3 is 3.00 bits per heavy atom. The maximum absolute atomic E-state index is 13.7. The standard InChI is InChI=1S/C13H9FN2O2S2/c14-11-3-8(5-15)1-2-9(11)6-19-13-16-10(7-20-13)4-12(17)18/h1-3,7H,4,6H2,(H,17,18). The lowest BCUT2D eigenvalue weighted by Crippen LogP contribution is -1.99. The predicted octanol–water partition coefficient (Wildman–Crippen LogP) is 3.07. The summed E-state index contributed by atoms with van der Waals surface area (Å²) in [6.45, 7) is 0. The van der Waals surface area contributed by atoms with Crippen LogP contribution in [0.5, 0.6) is 0 Å². The first kappa shape index (κ1) is 14.5. The van der Waals surface area contributed by atoms with Gasteiger partial charge in [-0.05, 0) is 17.7 Å². The molecule has 1 heterocycles. The quantitative estimate of drug-likeness (QED) is 0.859. The normalized spacial score (nSPS) is 10.2. The molecular formula is C13H9FN2O2S2. The van der Waals surface area contributed by atoms with Crippen LogP contribution in [0.2, 0.25) is 0 Å². The monoisotopic (exact) mass is 308 g/mol. The molecule has 1 aromatic carbocycles. The minimum Gasteiger partial charge on any atom is -0.481 e. The zero-order valence-corrected chi connectivity index (χ0v) is 11.8. The zero-order chi connectivity index (χ0) is 14.5. The van der Waals surface area contributed by atoms with Gasteiger partial charge in [-0.1, -0.05) is 17.8 Å². The van der Waals surface area contributed by atoms with E-state index in [2.05, 4.69) is 4.98 Å². The average Bonchev–Trinajstić information content (AvgIpc) is 2.84. The molecule has 0 fully saturated rings. The molecule has 0 atom stereocenters. The van der Waals surface area contributed by atoms with Crippen LogP contribution < -0.4 is 0 Å². The fraction of sp³-hybridized carbons (Fsp3) is 0.154. The number of halogens is 1. The van der Waals surface area contributed by atoms with E-state index in [-0.39, 0.29) is 12.0 Å². The fourth-order valence-corrected chi connectivity index (χ4v) is 3.30. The summed E-state index contributed by atoms with van der Waals surface area (Å²) in [7, 11) is 0. The van der Waals surface area contributed by atoms with Crippen molar-refractivity contribution in [2.75, 3.05) is 0 Å². The average molecular weight is 308 g/mol. The van der Waals surface area contributed by atoms with Crippen molar-refractivity contribution in [1.29, 1.82) is 5.26 Å². The van der Waals surface area contributed by atoms with Crippen LogP contribution in [0.15, 0.2) is 27.9 Å². The number of benzene rings is 1. The molecule has 0 saturated heterocycles. The lowest BCUT2D eigenvalue weighted by molar-refractivity contribution is -0.136. The van der Waals surface area contributed by atoms with E-state index in [1.54, 1.807) is 17.5 Å². The Labute approximate surface area is 122 Å². The SMILES string of the molecule is N#Cc1ccc(CSc2nc(CC(=O)O)cs2)c(F)c1. The van der Waals surface area contributed by atoms with Gasteiger partial charge in [-0.2, -0.15) is 5.26 Å². The minimum atomic E-state index is -0.926. The topological polar surface area (TPSA) is 74.0 Å². The van der Waals surface area contributed by atoms with E-state index in [0.29, 0.717) is 21.3 Å². The molecule has 1 aromatic heterocycles. The second-order valence-corrected chi connectivity index (χ2v) is 5.96. The Hall–Kier alpha value is -1.91. The van der Waals surface area contributed by atoms with Crippen LogP contribution in [0.4, 0.5) is 4.39 Å². The largest absolute Gasteiger partial charge is 0.481 e. The molecule has 2 aromatic rings. The van der Waals surface area contributed by atoms with Gasteiger partial charge in [-0.25, -0.2) is 9.37 Å². The smallest absolute Gasteiger partial charge is 0.309 e. The number of hydrogen-bond acceptors (Lipinski definition) is 5. The van der Waals surface area contributed by atoms with E-state index < -0.39 is 11.8 Å². The first-order chi connectivity index (χ1) is 9.58. The van der Waals surface area contributed by atoms with Gasteiger partial charge in [0, 0.05) is 11.1 Å². The Balaban J connectivity index is 2.00. The van der Waals surface area contributed by atoms with Crippen LogP contribution >= 0.6 is 23.1 Å². The molecule has 0 aliphatic heterocycles. The van der Waals surface area contributed by atoms with E-state index in [9.17, 15) is 9.18 Å². The van der Waals surface area contributed by atoms with Gasteiger partial charge in [0.2, 0.25) is 0 Å². The fourth-order valence-electron chi connectivity index (χ4n) is 1.46. The molecule has 0 aliphatic carbocycles. The third-order valence-electron chi connectivity index (χ3n) is 2.40. The van der Waals surface area contributed by atoms with Crippen LogP contribution in [0, 0.1) is 17.1 Å². The molecule has 0 spiro atoms. The number of carbonyl (C=O) groups is 1. The van der Waals surface area contributed by atoms with Crippen LogP contribution in [0.3, 0.4) is 0 Å². The maximum Gasteiger partial charge on any atom is 0.309 e. The van der Waals surface area contributed by atoms with Gasteiger partial charge >= 0.3 is 5.97 Å². The maximum atomic E-state index is 13.7. The van der Waals surface area contributed by atoms with Gasteiger partial charge in [0.1, 0.15) is 10.2 Å². The Morgan fingerprint density at radius 2 is 2.35 bits per heavy atom. The van der Waals surface area contributed by atoms with Gasteiger partial charge in [-0.15, -0.1) is 11.3 Å². The van der Waals surface area contributed by atoms with Crippen molar-refractivity contribution in [3.8, 4) is 6.07 Å². The van der Waals surface area contributed by atoms with Gasteiger partial charge in [0.25, 0.3) is 0 Å². The molecule has 0 saturated carbocycles. The summed E-state index contributed by atoms with van der Waals surface area (Å²) in [5, 5.41) is 19.0. The van der Waals surface area contributed by atoms with E-state index in [1.807, 2.05) is 6.07 Å². The van der Waals surface area contributed by atoms with Crippen molar-refractivity contribution in [2.45, 2.75) is 16.5 Å². The van der Waals surface area contributed by atoms with Crippen molar-refractivity contribution < 1.29 is 14.3 Å². The summed E-state index contributed by atoms with van der Waals surface area (Å²) >= 11 is 2.68. The van der Waals surface area contributed by atoms with Crippen LogP contribution in [-0.2, 0) is 17.0 Å². The number of nitriles is 1. The van der Waals surface area contributed by atoms with Gasteiger partial charge in [0.15, 0.2) is 0 Å². The molecule has 0 amide bonds. The van der Waals surface area contributed by atoms with Gasteiger partial charge in [0.05, 0.1) is 23.7 Å². The minimum absolute atomic E-state index is 0.109. The Bertz CT molecular complexity index is 679. The van der Waals surface area contributed by atoms with Crippen LogP contribution in [0.25, 0.3) is 0 Å². The van der Waals surface area contributed by atoms with E-state index >= 15 is 0 Å². The molecule has 0 aliphatic rings. The highest BCUT2D eigenvalue weighted by Gasteiger charge is 2.09. The molecule has 7 heteroatoms. The van der Waals surface area contributed by atoms with Gasteiger partial charge in [-0.3, -0.25) is 4.79 Å². The summed E-state index contributed by atoms with van der Waals surface area (Å²) in [6.07, 6.45) is -0.109. The van der Waals surface area contributed by atoms with Gasteiger partial charge < -0.3 is 5.11 Å². The van der Waals surface area contributed by atoms with Crippen molar-refractivity contribution in [3.05, 3.63) is 46.2 Å². The number of aliphatic carboxylic acids is 1. The van der Waals surface area contributed by atoms with Crippen molar-refractivity contribution >= 4 is 29.1 Å².